The topological polar surface area (TPSA) is 43.8 Å². The Bertz CT molecular complexity index is 654. The lowest BCUT2D eigenvalue weighted by molar-refractivity contribution is 0.604. The molecule has 112 valence electrons. The Balaban J connectivity index is 2.10. The Morgan fingerprint density at radius 2 is 2.05 bits per heavy atom. The molecule has 3 nitrogen and oxygen atoms in total. The van der Waals surface area contributed by atoms with E-state index in [1.807, 2.05) is 18.2 Å². The Hall–Kier alpha value is -1.48. The van der Waals surface area contributed by atoms with Crippen LogP contribution < -0.4 is 5.73 Å². The van der Waals surface area contributed by atoms with E-state index in [9.17, 15) is 0 Å². The van der Waals surface area contributed by atoms with Crippen molar-refractivity contribution in [2.45, 2.75) is 52.0 Å². The van der Waals surface area contributed by atoms with Gasteiger partial charge in [0.15, 0.2) is 0 Å². The van der Waals surface area contributed by atoms with Gasteiger partial charge in [-0.05, 0) is 44.4 Å². The largest absolute Gasteiger partial charge is 0.383 e. The molecule has 1 heterocycles. The van der Waals surface area contributed by atoms with Gasteiger partial charge in [0.25, 0.3) is 0 Å². The summed E-state index contributed by atoms with van der Waals surface area (Å²) in [6.07, 6.45) is 5.07. The molecule has 1 aliphatic rings. The molecule has 0 unspecified atom stereocenters. The number of nitrogens with zero attached hydrogens (tertiary/aromatic N) is 2. The van der Waals surface area contributed by atoms with E-state index in [1.165, 1.54) is 25.7 Å². The van der Waals surface area contributed by atoms with Gasteiger partial charge in [-0.25, -0.2) is 4.98 Å². The molecular weight excluding hydrogens is 282 g/mol. The van der Waals surface area contributed by atoms with Gasteiger partial charge >= 0.3 is 0 Å². The van der Waals surface area contributed by atoms with E-state index < -0.39 is 0 Å². The molecule has 0 spiro atoms. The molecule has 0 aliphatic heterocycles. The smallest absolute Gasteiger partial charge is 0.131 e. The third kappa shape index (κ3) is 2.55. The molecule has 0 radical (unpaired) electrons. The molecule has 2 N–H and O–H groups in total. The Morgan fingerprint density at radius 1 is 1.33 bits per heavy atom. The van der Waals surface area contributed by atoms with Crippen LogP contribution in [0.25, 0.3) is 11.3 Å². The van der Waals surface area contributed by atoms with Crippen molar-refractivity contribution >= 4 is 17.4 Å². The van der Waals surface area contributed by atoms with Crippen molar-refractivity contribution in [3.05, 3.63) is 34.6 Å². The van der Waals surface area contributed by atoms with E-state index >= 15 is 0 Å². The van der Waals surface area contributed by atoms with Crippen molar-refractivity contribution in [2.75, 3.05) is 5.73 Å². The fourth-order valence-electron chi connectivity index (χ4n) is 3.40. The van der Waals surface area contributed by atoms with E-state index in [0.29, 0.717) is 5.92 Å². The first kappa shape index (κ1) is 14.5. The number of imidazole rings is 1. The number of hydrogen-bond donors (Lipinski definition) is 1. The predicted molar refractivity (Wildman–Crippen MR) is 88.7 cm³/mol. The van der Waals surface area contributed by atoms with Crippen LogP contribution in [0.3, 0.4) is 0 Å². The average Bonchev–Trinajstić information content (AvgIpc) is 3.07. The maximum atomic E-state index is 6.39. The van der Waals surface area contributed by atoms with Gasteiger partial charge in [0.1, 0.15) is 17.3 Å². The molecule has 4 heteroatoms. The van der Waals surface area contributed by atoms with E-state index in [1.54, 1.807) is 0 Å². The van der Waals surface area contributed by atoms with Crippen LogP contribution in [0.1, 0.15) is 49.9 Å². The summed E-state index contributed by atoms with van der Waals surface area (Å²) >= 11 is 6.05. The Kier molecular flexibility index (Phi) is 3.94. The zero-order valence-corrected chi connectivity index (χ0v) is 13.5. The molecule has 2 aromatic rings. The lowest BCUT2D eigenvalue weighted by Crippen LogP contribution is -2.08. The van der Waals surface area contributed by atoms with Gasteiger partial charge < -0.3 is 10.3 Å². The molecule has 3 rings (SSSR count). The molecule has 0 amide bonds. The predicted octanol–water partition coefficient (Wildman–Crippen LogP) is 4.77. The minimum atomic E-state index is 0.564. The van der Waals surface area contributed by atoms with Crippen LogP contribution in [0.4, 0.5) is 5.82 Å². The highest BCUT2D eigenvalue weighted by molar-refractivity contribution is 6.30. The van der Waals surface area contributed by atoms with E-state index in [2.05, 4.69) is 18.4 Å². The average molecular weight is 304 g/mol. The summed E-state index contributed by atoms with van der Waals surface area (Å²) in [7, 11) is 0. The Morgan fingerprint density at radius 3 is 2.67 bits per heavy atom. The summed E-state index contributed by atoms with van der Waals surface area (Å²) in [5.41, 5.74) is 9.50. The SMILES string of the molecule is CCn1c(C2CCCC2)nc(-c2ccc(Cl)cc2C)c1N. The lowest BCUT2D eigenvalue weighted by Gasteiger charge is -2.11. The van der Waals surface area contributed by atoms with Gasteiger partial charge in [0, 0.05) is 23.0 Å². The van der Waals surface area contributed by atoms with Crippen LogP contribution in [0.2, 0.25) is 5.02 Å². The molecule has 1 fully saturated rings. The summed E-state index contributed by atoms with van der Waals surface area (Å²) in [4.78, 5) is 4.92. The van der Waals surface area contributed by atoms with Crippen LogP contribution >= 0.6 is 11.6 Å². The number of nitrogens with two attached hydrogens (primary N) is 1. The first-order chi connectivity index (χ1) is 10.1. The van der Waals surface area contributed by atoms with Gasteiger partial charge in [-0.1, -0.05) is 30.5 Å². The van der Waals surface area contributed by atoms with E-state index in [0.717, 1.165) is 40.0 Å². The molecule has 1 aromatic heterocycles. The maximum absolute atomic E-state index is 6.39. The normalized spacial score (nSPS) is 15.8. The van der Waals surface area contributed by atoms with Crippen molar-refractivity contribution in [3.63, 3.8) is 0 Å². The number of halogens is 1. The quantitative estimate of drug-likeness (QED) is 0.887. The highest BCUT2D eigenvalue weighted by Gasteiger charge is 2.25. The molecule has 1 aromatic carbocycles. The first-order valence-corrected chi connectivity index (χ1v) is 8.12. The number of rotatable bonds is 3. The first-order valence-electron chi connectivity index (χ1n) is 7.74. The monoisotopic (exact) mass is 303 g/mol. The van der Waals surface area contributed by atoms with E-state index in [4.69, 9.17) is 22.3 Å². The van der Waals surface area contributed by atoms with Crippen molar-refractivity contribution < 1.29 is 0 Å². The summed E-state index contributed by atoms with van der Waals surface area (Å²) in [6.45, 7) is 5.06. The minimum Gasteiger partial charge on any atom is -0.383 e. The molecule has 0 bridgehead atoms. The number of benzene rings is 1. The fraction of sp³-hybridized carbons (Fsp3) is 0.471. The second-order valence-corrected chi connectivity index (χ2v) is 6.33. The highest BCUT2D eigenvalue weighted by Crippen LogP contribution is 2.38. The summed E-state index contributed by atoms with van der Waals surface area (Å²) in [5, 5.41) is 0.751. The molecular formula is C17H22ClN3. The van der Waals surface area contributed by atoms with Gasteiger partial charge in [0.05, 0.1) is 0 Å². The van der Waals surface area contributed by atoms with Crippen molar-refractivity contribution in [2.24, 2.45) is 0 Å². The standard InChI is InChI=1S/C17H22ClN3/c1-3-21-16(19)15(14-9-8-13(18)10-11(14)2)20-17(21)12-6-4-5-7-12/h8-10,12H,3-7,19H2,1-2H3. The van der Waals surface area contributed by atoms with Crippen molar-refractivity contribution in [1.29, 1.82) is 0 Å². The number of nitrogen functional groups attached to an aromatic ring is 1. The third-order valence-corrected chi connectivity index (χ3v) is 4.75. The van der Waals surface area contributed by atoms with Gasteiger partial charge in [-0.15, -0.1) is 0 Å². The van der Waals surface area contributed by atoms with Gasteiger partial charge in [-0.2, -0.15) is 0 Å². The summed E-state index contributed by atoms with van der Waals surface area (Å²) in [5.74, 6) is 2.51. The Labute approximate surface area is 131 Å². The number of hydrogen-bond acceptors (Lipinski definition) is 2. The molecule has 0 saturated heterocycles. The fourth-order valence-corrected chi connectivity index (χ4v) is 3.63. The van der Waals surface area contributed by atoms with Gasteiger partial charge in [0.2, 0.25) is 0 Å². The van der Waals surface area contributed by atoms with Crippen LogP contribution in [-0.4, -0.2) is 9.55 Å². The minimum absolute atomic E-state index is 0.564. The highest BCUT2D eigenvalue weighted by atomic mass is 35.5. The van der Waals surface area contributed by atoms with E-state index in [-0.39, 0.29) is 0 Å². The zero-order valence-electron chi connectivity index (χ0n) is 12.7. The number of anilines is 1. The molecule has 0 atom stereocenters. The molecule has 21 heavy (non-hydrogen) atoms. The summed E-state index contributed by atoms with van der Waals surface area (Å²) in [6, 6.07) is 5.90. The van der Waals surface area contributed by atoms with Crippen molar-refractivity contribution in [3.8, 4) is 11.3 Å². The van der Waals surface area contributed by atoms with Crippen LogP contribution in [0.5, 0.6) is 0 Å². The third-order valence-electron chi connectivity index (χ3n) is 4.52. The zero-order chi connectivity index (χ0) is 15.0. The second-order valence-electron chi connectivity index (χ2n) is 5.89. The number of aromatic nitrogens is 2. The molecule has 1 saturated carbocycles. The molecule has 1 aliphatic carbocycles. The lowest BCUT2D eigenvalue weighted by atomic mass is 10.1. The summed E-state index contributed by atoms with van der Waals surface area (Å²) < 4.78 is 2.18. The van der Waals surface area contributed by atoms with Crippen LogP contribution in [0, 0.1) is 6.92 Å². The van der Waals surface area contributed by atoms with Crippen LogP contribution in [-0.2, 0) is 6.54 Å². The second kappa shape index (κ2) is 5.72. The number of aryl methyl sites for hydroxylation is 1. The van der Waals surface area contributed by atoms with Crippen molar-refractivity contribution in [1.82, 2.24) is 9.55 Å². The van der Waals surface area contributed by atoms with Crippen LogP contribution in [0.15, 0.2) is 18.2 Å². The maximum Gasteiger partial charge on any atom is 0.131 e. The van der Waals surface area contributed by atoms with Gasteiger partial charge in [-0.3, -0.25) is 0 Å².